The van der Waals surface area contributed by atoms with Crippen LogP contribution in [0, 0.1) is 5.82 Å². The Morgan fingerprint density at radius 1 is 1.17 bits per heavy atom. The van der Waals surface area contributed by atoms with E-state index in [0.717, 1.165) is 24.1 Å². The Morgan fingerprint density at radius 2 is 2.00 bits per heavy atom. The lowest BCUT2D eigenvalue weighted by atomic mass is 10.1. The fourth-order valence-electron chi connectivity index (χ4n) is 2.93. The molecule has 3 N–H and O–H groups in total. The first-order valence-corrected chi connectivity index (χ1v) is 8.03. The number of nitrogens with one attached hydrogen (secondary N) is 3. The van der Waals surface area contributed by atoms with Crippen molar-refractivity contribution in [2.24, 2.45) is 0 Å². The zero-order valence-electron chi connectivity index (χ0n) is 13.0. The molecular weight excluding hydrogens is 295 g/mol. The van der Waals surface area contributed by atoms with Crippen LogP contribution < -0.4 is 10.6 Å². The Labute approximate surface area is 134 Å². The number of urea groups is 1. The second-order valence-electron chi connectivity index (χ2n) is 5.85. The number of halogens is 1. The summed E-state index contributed by atoms with van der Waals surface area (Å²) in [6.45, 7) is 0.698. The van der Waals surface area contributed by atoms with Crippen molar-refractivity contribution in [1.29, 1.82) is 0 Å². The van der Waals surface area contributed by atoms with E-state index in [-0.39, 0.29) is 11.8 Å². The number of carbonyl (C=O) groups is 1. The van der Waals surface area contributed by atoms with Gasteiger partial charge in [-0.05, 0) is 48.9 Å². The summed E-state index contributed by atoms with van der Waals surface area (Å²) in [7, 11) is 0. The van der Waals surface area contributed by atoms with Crippen molar-refractivity contribution in [3.05, 3.63) is 52.6 Å². The third-order valence-electron chi connectivity index (χ3n) is 4.15. The number of carbonyl (C=O) groups excluding carboxylic acids is 1. The Bertz CT molecular complexity index is 683. The molecule has 2 aromatic rings. The first-order chi connectivity index (χ1) is 11.2. The summed E-state index contributed by atoms with van der Waals surface area (Å²) in [5.41, 5.74) is 4.11. The number of fused-ring (bicyclic) bond motifs is 1. The molecule has 0 aliphatic heterocycles. The van der Waals surface area contributed by atoms with Crippen molar-refractivity contribution < 1.29 is 9.18 Å². The molecule has 1 aliphatic rings. The van der Waals surface area contributed by atoms with E-state index in [1.807, 2.05) is 0 Å². The average Bonchev–Trinajstić information content (AvgIpc) is 2.77. The molecule has 0 saturated heterocycles. The quantitative estimate of drug-likeness (QED) is 0.759. The van der Waals surface area contributed by atoms with E-state index in [0.29, 0.717) is 13.1 Å². The second kappa shape index (κ2) is 7.26. The van der Waals surface area contributed by atoms with E-state index in [4.69, 9.17) is 0 Å². The number of H-pyrrole nitrogens is 1. The Hall–Kier alpha value is -2.37. The highest BCUT2D eigenvalue weighted by atomic mass is 19.1. The summed E-state index contributed by atoms with van der Waals surface area (Å²) in [4.78, 5) is 11.9. The minimum atomic E-state index is -0.302. The Kier molecular flexibility index (Phi) is 4.90. The largest absolute Gasteiger partial charge is 0.334 e. The molecule has 0 saturated carbocycles. The van der Waals surface area contributed by atoms with Gasteiger partial charge < -0.3 is 10.6 Å². The van der Waals surface area contributed by atoms with Crippen LogP contribution in [0.5, 0.6) is 0 Å². The lowest BCUT2D eigenvalue weighted by molar-refractivity contribution is 0.240. The van der Waals surface area contributed by atoms with E-state index in [1.165, 1.54) is 42.7 Å². The van der Waals surface area contributed by atoms with Gasteiger partial charge in [-0.1, -0.05) is 18.6 Å². The summed E-state index contributed by atoms with van der Waals surface area (Å²) < 4.78 is 13.1. The SMILES string of the molecule is O=C(NCc1cccc(F)c1)NCc1n[nH]c2c1CCCCC2. The van der Waals surface area contributed by atoms with Crippen LogP contribution >= 0.6 is 0 Å². The van der Waals surface area contributed by atoms with Crippen molar-refractivity contribution in [2.45, 2.75) is 45.2 Å². The van der Waals surface area contributed by atoms with Crippen LogP contribution in [0.15, 0.2) is 24.3 Å². The van der Waals surface area contributed by atoms with Gasteiger partial charge in [-0.15, -0.1) is 0 Å². The highest BCUT2D eigenvalue weighted by Gasteiger charge is 2.15. The zero-order chi connectivity index (χ0) is 16.1. The maximum atomic E-state index is 13.1. The van der Waals surface area contributed by atoms with E-state index in [9.17, 15) is 9.18 Å². The van der Waals surface area contributed by atoms with Crippen LogP contribution in [0.25, 0.3) is 0 Å². The number of amides is 2. The van der Waals surface area contributed by atoms with E-state index in [1.54, 1.807) is 12.1 Å². The van der Waals surface area contributed by atoms with Crippen LogP contribution in [0.2, 0.25) is 0 Å². The highest BCUT2D eigenvalue weighted by Crippen LogP contribution is 2.21. The monoisotopic (exact) mass is 316 g/mol. The fraction of sp³-hybridized carbons (Fsp3) is 0.412. The molecule has 6 heteroatoms. The van der Waals surface area contributed by atoms with Gasteiger partial charge in [-0.3, -0.25) is 5.10 Å². The lowest BCUT2D eigenvalue weighted by Crippen LogP contribution is -2.34. The van der Waals surface area contributed by atoms with Crippen molar-refractivity contribution in [3.8, 4) is 0 Å². The first kappa shape index (κ1) is 15.5. The smallest absolute Gasteiger partial charge is 0.315 e. The Morgan fingerprint density at radius 3 is 2.87 bits per heavy atom. The van der Waals surface area contributed by atoms with Gasteiger partial charge in [0.05, 0.1) is 12.2 Å². The normalized spacial score (nSPS) is 14.0. The zero-order valence-corrected chi connectivity index (χ0v) is 13.0. The van der Waals surface area contributed by atoms with Gasteiger partial charge in [0, 0.05) is 12.2 Å². The molecule has 3 rings (SSSR count). The molecule has 0 atom stereocenters. The molecular formula is C17H21FN4O. The van der Waals surface area contributed by atoms with Crippen LogP contribution in [0.3, 0.4) is 0 Å². The van der Waals surface area contributed by atoms with Gasteiger partial charge >= 0.3 is 6.03 Å². The summed E-state index contributed by atoms with van der Waals surface area (Å²) in [5.74, 6) is -0.302. The molecule has 0 bridgehead atoms. The molecule has 5 nitrogen and oxygen atoms in total. The molecule has 122 valence electrons. The molecule has 0 spiro atoms. The van der Waals surface area contributed by atoms with Crippen molar-refractivity contribution in [2.75, 3.05) is 0 Å². The Balaban J connectivity index is 1.50. The average molecular weight is 316 g/mol. The van der Waals surface area contributed by atoms with E-state index >= 15 is 0 Å². The molecule has 1 heterocycles. The molecule has 0 radical (unpaired) electrons. The minimum absolute atomic E-state index is 0.278. The molecule has 0 fully saturated rings. The first-order valence-electron chi connectivity index (χ1n) is 8.03. The summed E-state index contributed by atoms with van der Waals surface area (Å²) >= 11 is 0. The van der Waals surface area contributed by atoms with Crippen LogP contribution in [-0.4, -0.2) is 16.2 Å². The molecule has 2 amide bonds. The summed E-state index contributed by atoms with van der Waals surface area (Å²) in [5, 5.41) is 13.0. The van der Waals surface area contributed by atoms with Crippen molar-refractivity contribution in [3.63, 3.8) is 0 Å². The summed E-state index contributed by atoms with van der Waals surface area (Å²) in [6, 6.07) is 5.92. The predicted octanol–water partition coefficient (Wildman–Crippen LogP) is 2.82. The van der Waals surface area contributed by atoms with Crippen LogP contribution in [0.4, 0.5) is 9.18 Å². The van der Waals surface area contributed by atoms with E-state index < -0.39 is 0 Å². The number of aromatic nitrogens is 2. The molecule has 0 unspecified atom stereocenters. The third-order valence-corrected chi connectivity index (χ3v) is 4.15. The lowest BCUT2D eigenvalue weighted by Gasteiger charge is -2.08. The van der Waals surface area contributed by atoms with E-state index in [2.05, 4.69) is 20.8 Å². The second-order valence-corrected chi connectivity index (χ2v) is 5.85. The van der Waals surface area contributed by atoms with Gasteiger partial charge in [-0.25, -0.2) is 9.18 Å². The predicted molar refractivity (Wildman–Crippen MR) is 85.3 cm³/mol. The number of hydrogen-bond donors (Lipinski definition) is 3. The minimum Gasteiger partial charge on any atom is -0.334 e. The number of benzene rings is 1. The highest BCUT2D eigenvalue weighted by molar-refractivity contribution is 5.73. The topological polar surface area (TPSA) is 69.8 Å². The maximum Gasteiger partial charge on any atom is 0.315 e. The van der Waals surface area contributed by atoms with Gasteiger partial charge in [0.2, 0.25) is 0 Å². The molecule has 1 aromatic heterocycles. The van der Waals surface area contributed by atoms with Crippen molar-refractivity contribution in [1.82, 2.24) is 20.8 Å². The summed E-state index contributed by atoms with van der Waals surface area (Å²) in [6.07, 6.45) is 5.66. The van der Waals surface area contributed by atoms with Gasteiger partial charge in [0.15, 0.2) is 0 Å². The molecule has 1 aromatic carbocycles. The van der Waals surface area contributed by atoms with Gasteiger partial charge in [0.1, 0.15) is 5.82 Å². The van der Waals surface area contributed by atoms with Gasteiger partial charge in [-0.2, -0.15) is 5.10 Å². The maximum absolute atomic E-state index is 13.1. The number of rotatable bonds is 4. The number of nitrogens with zero attached hydrogens (tertiary/aromatic N) is 1. The van der Waals surface area contributed by atoms with Crippen molar-refractivity contribution >= 4 is 6.03 Å². The van der Waals surface area contributed by atoms with Gasteiger partial charge in [0.25, 0.3) is 0 Å². The molecule has 1 aliphatic carbocycles. The standard InChI is InChI=1S/C17H21FN4O/c18-13-6-4-5-12(9-13)10-19-17(23)20-11-16-14-7-2-1-3-8-15(14)21-22-16/h4-6,9H,1-3,7-8,10-11H2,(H,21,22)(H2,19,20,23). The molecule has 23 heavy (non-hydrogen) atoms. The fourth-order valence-corrected chi connectivity index (χ4v) is 2.93. The third kappa shape index (κ3) is 4.09. The van der Waals surface area contributed by atoms with Crippen LogP contribution in [-0.2, 0) is 25.9 Å². The van der Waals surface area contributed by atoms with Crippen LogP contribution in [0.1, 0.15) is 41.8 Å². The number of aryl methyl sites for hydroxylation is 1. The number of aromatic amines is 1. The number of hydrogen-bond acceptors (Lipinski definition) is 2.